The van der Waals surface area contributed by atoms with Crippen LogP contribution in [0.1, 0.15) is 11.1 Å². The molecule has 9 nitrogen and oxygen atoms in total. The Morgan fingerprint density at radius 3 is 2.16 bits per heavy atom. The average molecular weight is 444 g/mol. The summed E-state index contributed by atoms with van der Waals surface area (Å²) in [5.41, 5.74) is 5.56. The molecule has 0 amide bonds. The van der Waals surface area contributed by atoms with Crippen molar-refractivity contribution in [2.45, 2.75) is 20.4 Å². The van der Waals surface area contributed by atoms with Gasteiger partial charge >= 0.3 is 13.3 Å². The van der Waals surface area contributed by atoms with Crippen molar-refractivity contribution in [2.75, 3.05) is 20.6 Å². The van der Waals surface area contributed by atoms with Crippen LogP contribution < -0.4 is 0 Å². The molecule has 0 radical (unpaired) electrons. The van der Waals surface area contributed by atoms with Crippen LogP contribution in [0, 0.1) is 13.8 Å². The minimum Gasteiger partial charge on any atom is -0.472 e. The van der Waals surface area contributed by atoms with Gasteiger partial charge in [0.05, 0.1) is 16.6 Å². The van der Waals surface area contributed by atoms with Gasteiger partial charge in [0.2, 0.25) is 0 Å². The molecule has 4 rings (SSSR count). The molecular weight excluding hydrogens is 419 g/mol. The number of nitrogens with zero attached hydrogens (tertiary/aromatic N) is 4. The van der Waals surface area contributed by atoms with Crippen LogP contribution in [0.15, 0.2) is 36.4 Å². The van der Waals surface area contributed by atoms with Crippen molar-refractivity contribution in [1.82, 2.24) is 19.4 Å². The lowest BCUT2D eigenvalue weighted by molar-refractivity contribution is 0.208. The molecule has 0 aliphatic heterocycles. The van der Waals surface area contributed by atoms with Gasteiger partial charge in [-0.25, -0.2) is 19.3 Å². The van der Waals surface area contributed by atoms with Crippen LogP contribution in [0.25, 0.3) is 33.1 Å². The summed E-state index contributed by atoms with van der Waals surface area (Å²) in [5, 5.41) is 8.67. The third-order valence-corrected chi connectivity index (χ3v) is 5.49. The topological polar surface area (TPSA) is 129 Å². The molecule has 0 saturated heterocycles. The standard InChI is InChI=1S/C20H22N4.CH3O5P/c1-13-11-16-17(12-14(13)2)22-20-19(21-16)15-7-5-6-8-18(15)24(20)10-9-23(3)4;2-1(3)7(4,5)6/h5-8,11-12H,9-10H2,1-4H3;(H,2,3)(H2,4,5,6). The summed E-state index contributed by atoms with van der Waals surface area (Å²) in [7, 11) is -0.624. The highest BCUT2D eigenvalue weighted by atomic mass is 31.2. The normalized spacial score (nSPS) is 11.8. The maximum atomic E-state index is 9.43. The number of carboxylic acid groups (broad SMARTS) is 1. The number of carbonyl (C=O) groups is 1. The van der Waals surface area contributed by atoms with E-state index >= 15 is 0 Å². The highest BCUT2D eigenvalue weighted by Gasteiger charge is 2.23. The molecule has 3 N–H and O–H groups in total. The lowest BCUT2D eigenvalue weighted by Gasteiger charge is -2.12. The molecule has 0 unspecified atom stereocenters. The molecule has 0 spiro atoms. The Balaban J connectivity index is 0.000000339. The number of rotatable bonds is 4. The van der Waals surface area contributed by atoms with E-state index in [0.29, 0.717) is 0 Å². The van der Waals surface area contributed by atoms with Gasteiger partial charge in [-0.2, -0.15) is 0 Å². The van der Waals surface area contributed by atoms with E-state index in [-0.39, 0.29) is 0 Å². The number of likely N-dealkylation sites (N-methyl/N-ethyl adjacent to an activating group) is 1. The molecule has 2 heterocycles. The first-order chi connectivity index (χ1) is 14.5. The van der Waals surface area contributed by atoms with Crippen molar-refractivity contribution in [3.8, 4) is 0 Å². The molecule has 31 heavy (non-hydrogen) atoms. The molecule has 0 bridgehead atoms. The Hall–Kier alpha value is -2.84. The number of benzene rings is 2. The Labute approximate surface area is 179 Å². The van der Waals surface area contributed by atoms with Crippen molar-refractivity contribution >= 4 is 46.4 Å². The van der Waals surface area contributed by atoms with Crippen LogP contribution in [-0.4, -0.2) is 60.7 Å². The quantitative estimate of drug-likeness (QED) is 0.406. The fourth-order valence-corrected chi connectivity index (χ4v) is 3.22. The van der Waals surface area contributed by atoms with Crippen molar-refractivity contribution < 1.29 is 24.3 Å². The fraction of sp³-hybridized carbons (Fsp3) is 0.286. The Morgan fingerprint density at radius 1 is 1.06 bits per heavy atom. The summed E-state index contributed by atoms with van der Waals surface area (Å²) in [5.74, 6) is 0. The molecule has 0 aliphatic rings. The minimum absolute atomic E-state index is 0.905. The third-order valence-electron chi connectivity index (χ3n) is 4.99. The number of fused-ring (bicyclic) bond motifs is 4. The average Bonchev–Trinajstić information content (AvgIpc) is 2.98. The lowest BCUT2D eigenvalue weighted by atomic mass is 10.1. The Bertz CT molecular complexity index is 1330. The molecule has 164 valence electrons. The van der Waals surface area contributed by atoms with Crippen LogP contribution in [0.4, 0.5) is 4.79 Å². The molecular formula is C21H25N4O5P. The predicted molar refractivity (Wildman–Crippen MR) is 121 cm³/mol. The Kier molecular flexibility index (Phi) is 6.43. The van der Waals surface area contributed by atoms with Crippen molar-refractivity contribution in [1.29, 1.82) is 0 Å². The number of aryl methyl sites for hydroxylation is 2. The molecule has 0 aliphatic carbocycles. The molecule has 10 heteroatoms. The second-order valence-electron chi connectivity index (χ2n) is 7.62. The van der Waals surface area contributed by atoms with Gasteiger partial charge in [0, 0.05) is 18.5 Å². The van der Waals surface area contributed by atoms with Crippen LogP contribution in [-0.2, 0) is 11.1 Å². The first-order valence-corrected chi connectivity index (χ1v) is 11.2. The molecule has 4 aromatic rings. The van der Waals surface area contributed by atoms with E-state index in [1.54, 1.807) is 0 Å². The molecule has 2 aromatic heterocycles. The maximum Gasteiger partial charge on any atom is 0.433 e. The van der Waals surface area contributed by atoms with Gasteiger partial charge in [-0.15, -0.1) is 0 Å². The minimum atomic E-state index is -4.82. The van der Waals surface area contributed by atoms with E-state index in [4.69, 9.17) is 24.9 Å². The molecule has 0 atom stereocenters. The van der Waals surface area contributed by atoms with E-state index in [0.717, 1.165) is 35.3 Å². The van der Waals surface area contributed by atoms with Crippen molar-refractivity contribution in [2.24, 2.45) is 0 Å². The fourth-order valence-electron chi connectivity index (χ4n) is 3.22. The van der Waals surface area contributed by atoms with Gasteiger partial charge in [0.15, 0.2) is 5.65 Å². The van der Waals surface area contributed by atoms with Crippen molar-refractivity contribution in [3.63, 3.8) is 0 Å². The van der Waals surface area contributed by atoms with E-state index < -0.39 is 13.3 Å². The number of hydrogen-bond acceptors (Lipinski definition) is 5. The van der Waals surface area contributed by atoms with Gasteiger partial charge in [-0.05, 0) is 57.3 Å². The maximum absolute atomic E-state index is 9.43. The van der Waals surface area contributed by atoms with E-state index in [1.807, 2.05) is 0 Å². The van der Waals surface area contributed by atoms with Crippen LogP contribution in [0.5, 0.6) is 0 Å². The summed E-state index contributed by atoms with van der Waals surface area (Å²) in [4.78, 5) is 36.6. The highest BCUT2D eigenvalue weighted by molar-refractivity contribution is 7.69. The summed E-state index contributed by atoms with van der Waals surface area (Å²) in [6.07, 6.45) is 0. The van der Waals surface area contributed by atoms with Gasteiger partial charge in [-0.1, -0.05) is 18.2 Å². The van der Waals surface area contributed by atoms with Crippen molar-refractivity contribution in [3.05, 3.63) is 47.5 Å². The SMILES string of the molecule is Cc1cc2nc3c4ccccc4n(CCN(C)C)c3nc2cc1C.O=C(O)P(=O)(O)O. The van der Waals surface area contributed by atoms with Crippen LogP contribution >= 0.6 is 7.60 Å². The van der Waals surface area contributed by atoms with Gasteiger partial charge < -0.3 is 24.4 Å². The van der Waals surface area contributed by atoms with E-state index in [1.165, 1.54) is 22.0 Å². The zero-order valence-corrected chi connectivity index (χ0v) is 18.7. The number of para-hydroxylation sites is 1. The van der Waals surface area contributed by atoms with Gasteiger partial charge in [-0.3, -0.25) is 0 Å². The van der Waals surface area contributed by atoms with Crippen LogP contribution in [0.3, 0.4) is 0 Å². The Morgan fingerprint density at radius 2 is 1.61 bits per heavy atom. The first-order valence-electron chi connectivity index (χ1n) is 9.58. The molecule has 0 fully saturated rings. The third kappa shape index (κ3) is 4.91. The van der Waals surface area contributed by atoms with E-state index in [2.05, 4.69) is 73.8 Å². The molecule has 2 aromatic carbocycles. The second-order valence-corrected chi connectivity index (χ2v) is 9.09. The zero-order valence-electron chi connectivity index (χ0n) is 17.8. The zero-order chi connectivity index (χ0) is 22.9. The number of hydrogen-bond donors (Lipinski definition) is 3. The summed E-state index contributed by atoms with van der Waals surface area (Å²) in [6, 6.07) is 12.8. The number of aromatic nitrogens is 3. The van der Waals surface area contributed by atoms with Gasteiger partial charge in [0.25, 0.3) is 0 Å². The first kappa shape index (κ1) is 22.8. The predicted octanol–water partition coefficient (Wildman–Crippen LogP) is 3.76. The van der Waals surface area contributed by atoms with E-state index in [9.17, 15) is 9.36 Å². The summed E-state index contributed by atoms with van der Waals surface area (Å²) in [6.45, 7) is 6.13. The monoisotopic (exact) mass is 444 g/mol. The smallest absolute Gasteiger partial charge is 0.433 e. The molecule has 0 saturated carbocycles. The summed E-state index contributed by atoms with van der Waals surface area (Å²) >= 11 is 0. The lowest BCUT2D eigenvalue weighted by Crippen LogP contribution is -2.18. The van der Waals surface area contributed by atoms with Gasteiger partial charge in [0.1, 0.15) is 5.52 Å². The second kappa shape index (κ2) is 8.72. The highest BCUT2D eigenvalue weighted by Crippen LogP contribution is 2.34. The largest absolute Gasteiger partial charge is 0.472 e. The van der Waals surface area contributed by atoms with Crippen LogP contribution in [0.2, 0.25) is 0 Å². The summed E-state index contributed by atoms with van der Waals surface area (Å²) < 4.78 is 11.7.